The van der Waals surface area contributed by atoms with E-state index in [1.165, 1.54) is 0 Å². The van der Waals surface area contributed by atoms with Gasteiger partial charge in [0.2, 0.25) is 5.95 Å². The first kappa shape index (κ1) is 19.4. The molecule has 154 valence electrons. The highest BCUT2D eigenvalue weighted by molar-refractivity contribution is 5.78. The smallest absolute Gasteiger partial charge is 0.260 e. The number of amides is 1. The van der Waals surface area contributed by atoms with Gasteiger partial charge in [0.1, 0.15) is 11.6 Å². The molecule has 1 amide bonds. The van der Waals surface area contributed by atoms with Crippen molar-refractivity contribution in [2.75, 3.05) is 63.4 Å². The van der Waals surface area contributed by atoms with Gasteiger partial charge in [0.15, 0.2) is 6.61 Å². The van der Waals surface area contributed by atoms with Gasteiger partial charge in [-0.25, -0.2) is 4.98 Å². The van der Waals surface area contributed by atoms with Gasteiger partial charge in [0.25, 0.3) is 5.91 Å². The van der Waals surface area contributed by atoms with Crippen LogP contribution in [-0.2, 0) is 22.5 Å². The van der Waals surface area contributed by atoms with Crippen LogP contribution in [0.1, 0.15) is 11.3 Å². The van der Waals surface area contributed by atoms with Crippen LogP contribution >= 0.6 is 0 Å². The number of nitrogens with zero attached hydrogens (tertiary/aromatic N) is 5. The summed E-state index contributed by atoms with van der Waals surface area (Å²) < 4.78 is 11.1. The molecular weight excluding hydrogens is 370 g/mol. The van der Waals surface area contributed by atoms with Gasteiger partial charge in [-0.2, -0.15) is 4.98 Å². The normalized spacial score (nSPS) is 16.3. The number of carbonyl (C=O) groups excluding carboxylic acids is 1. The van der Waals surface area contributed by atoms with Crippen LogP contribution in [0.25, 0.3) is 0 Å². The molecule has 4 rings (SSSR count). The number of rotatable bonds is 5. The fourth-order valence-electron chi connectivity index (χ4n) is 3.62. The van der Waals surface area contributed by atoms with E-state index in [2.05, 4.69) is 4.90 Å². The summed E-state index contributed by atoms with van der Waals surface area (Å²) in [5.74, 6) is 2.30. The summed E-state index contributed by atoms with van der Waals surface area (Å²) in [6.07, 6.45) is 0.715. The van der Waals surface area contributed by atoms with Gasteiger partial charge in [-0.1, -0.05) is 18.2 Å². The molecule has 2 aromatic rings. The van der Waals surface area contributed by atoms with Crippen molar-refractivity contribution in [3.05, 3.63) is 41.6 Å². The Morgan fingerprint density at radius 2 is 1.90 bits per heavy atom. The molecule has 29 heavy (non-hydrogen) atoms. The molecule has 2 aliphatic heterocycles. The predicted molar refractivity (Wildman–Crippen MR) is 110 cm³/mol. The van der Waals surface area contributed by atoms with Crippen molar-refractivity contribution >= 4 is 17.7 Å². The zero-order valence-electron chi connectivity index (χ0n) is 17.0. The molecule has 2 aliphatic rings. The number of ether oxygens (including phenoxy) is 2. The average Bonchev–Trinajstić information content (AvgIpc) is 2.77. The second-order valence-electron chi connectivity index (χ2n) is 7.43. The van der Waals surface area contributed by atoms with Gasteiger partial charge < -0.3 is 24.2 Å². The Balaban J connectivity index is 1.49. The molecule has 1 aromatic heterocycles. The number of morpholine rings is 1. The van der Waals surface area contributed by atoms with Gasteiger partial charge in [0, 0.05) is 45.7 Å². The van der Waals surface area contributed by atoms with E-state index < -0.39 is 0 Å². The molecule has 8 heteroatoms. The summed E-state index contributed by atoms with van der Waals surface area (Å²) in [6.45, 7) is 4.16. The Hall–Kier alpha value is -2.87. The molecule has 0 bridgehead atoms. The lowest BCUT2D eigenvalue weighted by atomic mass is 10.1. The maximum atomic E-state index is 12.7. The summed E-state index contributed by atoms with van der Waals surface area (Å²) in [7, 11) is 3.95. The second-order valence-corrected chi connectivity index (χ2v) is 7.43. The van der Waals surface area contributed by atoms with Crippen LogP contribution in [0.5, 0.6) is 5.75 Å². The minimum absolute atomic E-state index is 0.0264. The molecule has 1 aromatic carbocycles. The number of anilines is 2. The van der Waals surface area contributed by atoms with Crippen LogP contribution in [0, 0.1) is 0 Å². The van der Waals surface area contributed by atoms with Crippen LogP contribution in [-0.4, -0.2) is 74.3 Å². The summed E-state index contributed by atoms with van der Waals surface area (Å²) in [5, 5.41) is 0. The van der Waals surface area contributed by atoms with Gasteiger partial charge >= 0.3 is 0 Å². The van der Waals surface area contributed by atoms with Crippen molar-refractivity contribution in [3.63, 3.8) is 0 Å². The van der Waals surface area contributed by atoms with E-state index in [-0.39, 0.29) is 12.5 Å². The molecule has 1 fully saturated rings. The molecule has 0 N–H and O–H groups in total. The highest BCUT2D eigenvalue weighted by Crippen LogP contribution is 2.28. The van der Waals surface area contributed by atoms with E-state index in [0.717, 1.165) is 36.1 Å². The first-order valence-electron chi connectivity index (χ1n) is 9.97. The van der Waals surface area contributed by atoms with Crippen molar-refractivity contribution in [1.82, 2.24) is 14.9 Å². The van der Waals surface area contributed by atoms with Crippen molar-refractivity contribution in [2.45, 2.75) is 13.0 Å². The number of aromatic nitrogens is 2. The monoisotopic (exact) mass is 397 g/mol. The van der Waals surface area contributed by atoms with Gasteiger partial charge in [-0.05, 0) is 12.1 Å². The van der Waals surface area contributed by atoms with Crippen LogP contribution in [0.2, 0.25) is 0 Å². The predicted octanol–water partition coefficient (Wildman–Crippen LogP) is 1.34. The summed E-state index contributed by atoms with van der Waals surface area (Å²) in [6, 6.07) is 9.41. The number of fused-ring (bicyclic) bond motifs is 1. The quantitative estimate of drug-likeness (QED) is 0.754. The van der Waals surface area contributed by atoms with E-state index in [9.17, 15) is 4.79 Å². The maximum Gasteiger partial charge on any atom is 0.260 e. The largest absolute Gasteiger partial charge is 0.484 e. The lowest BCUT2D eigenvalue weighted by molar-refractivity contribution is -0.134. The number of benzene rings is 1. The third kappa shape index (κ3) is 4.42. The summed E-state index contributed by atoms with van der Waals surface area (Å²) in [4.78, 5) is 28.3. The second kappa shape index (κ2) is 8.65. The van der Waals surface area contributed by atoms with Gasteiger partial charge in [0.05, 0.1) is 25.5 Å². The van der Waals surface area contributed by atoms with Crippen LogP contribution in [0.3, 0.4) is 0 Å². The lowest BCUT2D eigenvalue weighted by Crippen LogP contribution is -2.41. The summed E-state index contributed by atoms with van der Waals surface area (Å²) >= 11 is 0. The lowest BCUT2D eigenvalue weighted by Gasteiger charge is -2.33. The van der Waals surface area contributed by atoms with Gasteiger partial charge in [-0.15, -0.1) is 0 Å². The van der Waals surface area contributed by atoms with Gasteiger partial charge in [-0.3, -0.25) is 4.79 Å². The molecule has 0 spiro atoms. The Morgan fingerprint density at radius 1 is 1.14 bits per heavy atom. The van der Waals surface area contributed by atoms with E-state index in [1.54, 1.807) is 0 Å². The number of para-hydroxylation sites is 1. The summed E-state index contributed by atoms with van der Waals surface area (Å²) in [5.41, 5.74) is 2.05. The minimum Gasteiger partial charge on any atom is -0.484 e. The van der Waals surface area contributed by atoms with E-state index in [0.29, 0.717) is 38.5 Å². The van der Waals surface area contributed by atoms with E-state index in [1.807, 2.05) is 54.2 Å². The first-order valence-corrected chi connectivity index (χ1v) is 9.97. The van der Waals surface area contributed by atoms with Crippen LogP contribution in [0.15, 0.2) is 30.3 Å². The fourth-order valence-corrected chi connectivity index (χ4v) is 3.62. The highest BCUT2D eigenvalue weighted by atomic mass is 16.5. The molecule has 8 nitrogen and oxygen atoms in total. The Kier molecular flexibility index (Phi) is 5.80. The fraction of sp³-hybridized carbons (Fsp3) is 0.476. The van der Waals surface area contributed by atoms with E-state index in [4.69, 9.17) is 19.4 Å². The van der Waals surface area contributed by atoms with Crippen molar-refractivity contribution < 1.29 is 14.3 Å². The Bertz CT molecular complexity index is 853. The van der Waals surface area contributed by atoms with Crippen LogP contribution in [0.4, 0.5) is 11.8 Å². The Labute approximate surface area is 171 Å². The topological polar surface area (TPSA) is 71.0 Å². The average molecular weight is 397 g/mol. The SMILES string of the molecule is CN(C)c1nc(N2CCOCC2)nc2c1CN(C(=O)COc1ccccc1)CC2. The number of hydrogen-bond donors (Lipinski definition) is 0. The molecule has 0 aliphatic carbocycles. The number of hydrogen-bond acceptors (Lipinski definition) is 7. The number of carbonyl (C=O) groups is 1. The zero-order chi connectivity index (χ0) is 20.2. The molecule has 0 atom stereocenters. The van der Waals surface area contributed by atoms with E-state index >= 15 is 0 Å². The standard InChI is InChI=1S/C21H27N5O3/c1-24(2)20-17-14-26(19(27)15-29-16-6-4-3-5-7-16)9-8-18(17)22-21(23-20)25-10-12-28-13-11-25/h3-7H,8-15H2,1-2H3. The third-order valence-electron chi connectivity index (χ3n) is 5.20. The molecule has 0 radical (unpaired) electrons. The third-order valence-corrected chi connectivity index (χ3v) is 5.20. The first-order chi connectivity index (χ1) is 14.1. The molecule has 1 saturated heterocycles. The van der Waals surface area contributed by atoms with Crippen LogP contribution < -0.4 is 14.5 Å². The Morgan fingerprint density at radius 3 is 2.62 bits per heavy atom. The van der Waals surface area contributed by atoms with Crippen molar-refractivity contribution in [3.8, 4) is 5.75 Å². The van der Waals surface area contributed by atoms with Crippen molar-refractivity contribution in [1.29, 1.82) is 0 Å². The maximum absolute atomic E-state index is 12.7. The van der Waals surface area contributed by atoms with Crippen molar-refractivity contribution in [2.24, 2.45) is 0 Å². The molecule has 3 heterocycles. The molecular formula is C21H27N5O3. The minimum atomic E-state index is -0.0264. The zero-order valence-corrected chi connectivity index (χ0v) is 17.0. The molecule has 0 unspecified atom stereocenters. The molecule has 0 saturated carbocycles. The highest BCUT2D eigenvalue weighted by Gasteiger charge is 2.28.